The van der Waals surface area contributed by atoms with Crippen molar-refractivity contribution < 1.29 is 9.53 Å². The monoisotopic (exact) mass is 479 g/mol. The molecule has 3 aromatic rings. The molecule has 0 unspecified atom stereocenters. The third kappa shape index (κ3) is 3.55. The second-order valence-corrected chi connectivity index (χ2v) is 10.1. The largest absolute Gasteiger partial charge is 0.447 e. The van der Waals surface area contributed by atoms with E-state index in [1.165, 1.54) is 0 Å². The topological polar surface area (TPSA) is 79.6 Å². The molecule has 176 valence electrons. The molecule has 34 heavy (non-hydrogen) atoms. The summed E-state index contributed by atoms with van der Waals surface area (Å²) in [6, 6.07) is 11.8. The number of anilines is 2. The molecule has 0 saturated carbocycles. The number of hydrogen-bond donors (Lipinski definition) is 0. The molecule has 3 aliphatic heterocycles. The number of benzene rings is 1. The predicted octanol–water partition coefficient (Wildman–Crippen LogP) is 3.50. The van der Waals surface area contributed by atoms with Crippen molar-refractivity contribution in [1.29, 1.82) is 0 Å². The molecule has 1 spiro atoms. The smallest absolute Gasteiger partial charge is 0.410 e. The third-order valence-electron chi connectivity index (χ3n) is 6.64. The molecule has 1 aromatic carbocycles. The fourth-order valence-electron chi connectivity index (χ4n) is 5.17. The number of ether oxygens (including phenoxy) is 1. The van der Waals surface area contributed by atoms with Crippen LogP contribution in [0.15, 0.2) is 42.6 Å². The van der Waals surface area contributed by atoms with Crippen LogP contribution >= 0.6 is 11.6 Å². The third-order valence-corrected chi connectivity index (χ3v) is 6.88. The first kappa shape index (κ1) is 21.2. The number of fused-ring (bicyclic) bond motifs is 3. The molecule has 6 rings (SSSR count). The summed E-state index contributed by atoms with van der Waals surface area (Å²) in [6.45, 7) is 8.20. The van der Waals surface area contributed by atoms with Gasteiger partial charge < -0.3 is 14.5 Å². The van der Waals surface area contributed by atoms with Crippen LogP contribution < -0.4 is 9.80 Å². The van der Waals surface area contributed by atoms with Crippen LogP contribution in [0.2, 0.25) is 5.02 Å². The van der Waals surface area contributed by atoms with Gasteiger partial charge in [-0.2, -0.15) is 0 Å². The first-order valence-corrected chi connectivity index (χ1v) is 11.9. The number of aromatic nitrogens is 4. The van der Waals surface area contributed by atoms with Gasteiger partial charge in [0.15, 0.2) is 5.82 Å². The molecule has 5 heterocycles. The molecule has 0 atom stereocenters. The highest BCUT2D eigenvalue weighted by molar-refractivity contribution is 6.30. The van der Waals surface area contributed by atoms with Crippen molar-refractivity contribution in [2.24, 2.45) is 5.41 Å². The predicted molar refractivity (Wildman–Crippen MR) is 128 cm³/mol. The van der Waals surface area contributed by atoms with Crippen LogP contribution in [0.3, 0.4) is 0 Å². The summed E-state index contributed by atoms with van der Waals surface area (Å²) >= 11 is 6.32. The van der Waals surface area contributed by atoms with Crippen LogP contribution in [0.4, 0.5) is 16.6 Å². The number of hydrogen-bond acceptors (Lipinski definition) is 7. The van der Waals surface area contributed by atoms with Crippen molar-refractivity contribution in [2.75, 3.05) is 36.0 Å². The molecule has 0 radical (unpaired) electrons. The molecule has 3 aliphatic rings. The van der Waals surface area contributed by atoms with Gasteiger partial charge >= 0.3 is 6.09 Å². The van der Waals surface area contributed by atoms with Gasteiger partial charge in [0.1, 0.15) is 5.82 Å². The van der Waals surface area contributed by atoms with Gasteiger partial charge in [-0.15, -0.1) is 10.2 Å². The lowest BCUT2D eigenvalue weighted by molar-refractivity contribution is 0.0718. The van der Waals surface area contributed by atoms with Crippen LogP contribution in [0.1, 0.15) is 25.2 Å². The Morgan fingerprint density at radius 1 is 1.06 bits per heavy atom. The van der Waals surface area contributed by atoms with Gasteiger partial charge in [-0.05, 0) is 49.7 Å². The number of rotatable bonds is 3. The molecule has 0 aliphatic carbocycles. The van der Waals surface area contributed by atoms with Gasteiger partial charge in [0.05, 0.1) is 24.9 Å². The Kier molecular flexibility index (Phi) is 4.91. The van der Waals surface area contributed by atoms with Gasteiger partial charge in [-0.25, -0.2) is 9.78 Å². The number of pyridine rings is 1. The highest BCUT2D eigenvalue weighted by atomic mass is 35.5. The zero-order chi connectivity index (χ0) is 23.4. The van der Waals surface area contributed by atoms with Crippen molar-refractivity contribution in [2.45, 2.75) is 33.0 Å². The van der Waals surface area contributed by atoms with E-state index in [0.29, 0.717) is 23.9 Å². The summed E-state index contributed by atoms with van der Waals surface area (Å²) in [4.78, 5) is 23.5. The van der Waals surface area contributed by atoms with Crippen molar-refractivity contribution >= 4 is 29.5 Å². The molecule has 10 heteroatoms. The van der Waals surface area contributed by atoms with Gasteiger partial charge in [-0.3, -0.25) is 9.47 Å². The van der Waals surface area contributed by atoms with E-state index in [2.05, 4.69) is 35.6 Å². The summed E-state index contributed by atoms with van der Waals surface area (Å²) in [6.07, 6.45) is 1.27. The molecule has 9 nitrogen and oxygen atoms in total. The second-order valence-electron chi connectivity index (χ2n) is 9.71. The van der Waals surface area contributed by atoms with Gasteiger partial charge in [0.2, 0.25) is 5.95 Å². The highest BCUT2D eigenvalue weighted by Crippen LogP contribution is 2.44. The van der Waals surface area contributed by atoms with Gasteiger partial charge in [-0.1, -0.05) is 17.7 Å². The first-order chi connectivity index (χ1) is 16.4. The average Bonchev–Trinajstić information content (AvgIpc) is 3.07. The number of nitrogens with zero attached hydrogens (tertiary/aromatic N) is 7. The Morgan fingerprint density at radius 3 is 2.59 bits per heavy atom. The van der Waals surface area contributed by atoms with E-state index in [4.69, 9.17) is 16.3 Å². The zero-order valence-electron chi connectivity index (χ0n) is 19.2. The van der Waals surface area contributed by atoms with Crippen LogP contribution in [0.5, 0.6) is 0 Å². The molecular weight excluding hydrogens is 454 g/mol. The Labute approximate surface area is 202 Å². The van der Waals surface area contributed by atoms with E-state index in [1.807, 2.05) is 50.4 Å². The molecule has 1 amide bonds. The van der Waals surface area contributed by atoms with E-state index in [1.54, 1.807) is 4.90 Å². The standard InChI is InChI=1S/C24H26ClN7O2/c1-16(2)34-23(33)29-10-17-9-18(25)6-7-19(17)32-21(11-29)27-28-22(32)31-14-24(15-31)12-30(13-24)20-5-3-4-8-26-20/h3-9,16H,10-15H2,1-2H3. The minimum Gasteiger partial charge on any atom is -0.447 e. The van der Waals surface area contributed by atoms with Gasteiger partial charge in [0, 0.05) is 42.8 Å². The molecule has 2 aromatic heterocycles. The fraction of sp³-hybridized carbons (Fsp3) is 0.417. The Morgan fingerprint density at radius 2 is 1.85 bits per heavy atom. The molecule has 2 fully saturated rings. The maximum absolute atomic E-state index is 12.7. The van der Waals surface area contributed by atoms with Crippen LogP contribution in [-0.4, -0.2) is 63.0 Å². The lowest BCUT2D eigenvalue weighted by Crippen LogP contribution is -2.73. The number of carbonyl (C=O) groups excluding carboxylic acids is 1. The lowest BCUT2D eigenvalue weighted by atomic mass is 9.73. The van der Waals surface area contributed by atoms with Crippen LogP contribution in [-0.2, 0) is 17.8 Å². The fourth-order valence-corrected chi connectivity index (χ4v) is 5.36. The van der Waals surface area contributed by atoms with Crippen molar-refractivity contribution in [3.63, 3.8) is 0 Å². The summed E-state index contributed by atoms with van der Waals surface area (Å²) in [5.41, 5.74) is 2.14. The van der Waals surface area contributed by atoms with E-state index < -0.39 is 0 Å². The van der Waals surface area contributed by atoms with Crippen LogP contribution in [0.25, 0.3) is 5.69 Å². The van der Waals surface area contributed by atoms with Crippen molar-refractivity contribution in [3.8, 4) is 5.69 Å². The summed E-state index contributed by atoms with van der Waals surface area (Å²) in [7, 11) is 0. The van der Waals surface area contributed by atoms with E-state index in [0.717, 1.165) is 49.2 Å². The summed E-state index contributed by atoms with van der Waals surface area (Å²) < 4.78 is 7.53. The van der Waals surface area contributed by atoms with Crippen molar-refractivity contribution in [1.82, 2.24) is 24.6 Å². The molecule has 0 bridgehead atoms. The summed E-state index contributed by atoms with van der Waals surface area (Å²) in [5.74, 6) is 2.54. The second kappa shape index (κ2) is 7.87. The lowest BCUT2D eigenvalue weighted by Gasteiger charge is -2.60. The van der Waals surface area contributed by atoms with E-state index >= 15 is 0 Å². The minimum atomic E-state index is -0.370. The van der Waals surface area contributed by atoms with E-state index in [-0.39, 0.29) is 17.6 Å². The molecule has 0 N–H and O–H groups in total. The number of halogens is 1. The Hall–Kier alpha value is -3.33. The zero-order valence-corrected chi connectivity index (χ0v) is 19.9. The van der Waals surface area contributed by atoms with E-state index in [9.17, 15) is 4.79 Å². The SMILES string of the molecule is CC(C)OC(=O)N1Cc2cc(Cl)ccc2-n2c(nnc2N2CC3(CN(c4ccccn4)C3)C2)C1. The summed E-state index contributed by atoms with van der Waals surface area (Å²) in [5, 5.41) is 9.64. The quantitative estimate of drug-likeness (QED) is 0.568. The minimum absolute atomic E-state index is 0.201. The number of amides is 1. The number of carbonyl (C=O) groups is 1. The maximum Gasteiger partial charge on any atom is 0.410 e. The maximum atomic E-state index is 12.7. The van der Waals surface area contributed by atoms with Crippen molar-refractivity contribution in [3.05, 3.63) is 59.0 Å². The normalized spacial score (nSPS) is 18.2. The highest BCUT2D eigenvalue weighted by Gasteiger charge is 2.53. The Balaban J connectivity index is 1.25. The molecular formula is C24H26ClN7O2. The Bertz CT molecular complexity index is 1230. The van der Waals surface area contributed by atoms with Gasteiger partial charge in [0.25, 0.3) is 0 Å². The average molecular weight is 480 g/mol. The first-order valence-electron chi connectivity index (χ1n) is 11.5. The van der Waals surface area contributed by atoms with Crippen LogP contribution in [0, 0.1) is 5.41 Å². The molecule has 2 saturated heterocycles.